The fourth-order valence-electron chi connectivity index (χ4n) is 3.57. The van der Waals surface area contributed by atoms with Gasteiger partial charge in [0.25, 0.3) is 0 Å². The van der Waals surface area contributed by atoms with E-state index in [4.69, 9.17) is 4.74 Å². The van der Waals surface area contributed by atoms with Crippen LogP contribution in [0.15, 0.2) is 48.5 Å². The maximum absolute atomic E-state index is 5.65. The minimum atomic E-state index is 0. The molecule has 0 atom stereocenters. The van der Waals surface area contributed by atoms with Gasteiger partial charge in [-0.25, -0.2) is 0 Å². The fourth-order valence-corrected chi connectivity index (χ4v) is 3.57. The average molecular weight is 328 g/mol. The average Bonchev–Trinajstić information content (AvgIpc) is 3.06. The number of fused-ring (bicyclic) bond motifs is 2. The Bertz CT molecular complexity index is 824. The zero-order chi connectivity index (χ0) is 14.9. The molecule has 0 unspecified atom stereocenters. The largest absolute Gasteiger partial charge is 0.496 e. The van der Waals surface area contributed by atoms with Crippen molar-refractivity contribution in [2.75, 3.05) is 20.2 Å². The second kappa shape index (κ2) is 6.77. The summed E-state index contributed by atoms with van der Waals surface area (Å²) in [4.78, 5) is 2.53. The zero-order valence-corrected chi connectivity index (χ0v) is 14.2. The Morgan fingerprint density at radius 3 is 2.30 bits per heavy atom. The normalized spacial score (nSPS) is 15.0. The molecule has 0 radical (unpaired) electrons. The number of methoxy groups -OCH3 is 1. The molecule has 3 aromatic rings. The summed E-state index contributed by atoms with van der Waals surface area (Å²) >= 11 is 0. The van der Waals surface area contributed by atoms with Gasteiger partial charge in [0.1, 0.15) is 5.75 Å². The van der Waals surface area contributed by atoms with Gasteiger partial charge in [0.2, 0.25) is 0 Å². The third kappa shape index (κ3) is 3.01. The maximum atomic E-state index is 5.65. The van der Waals surface area contributed by atoms with E-state index in [0.717, 1.165) is 12.3 Å². The van der Waals surface area contributed by atoms with Crippen molar-refractivity contribution in [2.24, 2.45) is 0 Å². The van der Waals surface area contributed by atoms with Gasteiger partial charge in [-0.2, -0.15) is 0 Å². The molecule has 1 aliphatic rings. The number of nitrogens with zero attached hydrogens (tertiary/aromatic N) is 1. The van der Waals surface area contributed by atoms with Crippen molar-refractivity contribution >= 4 is 34.0 Å². The molecule has 1 heterocycles. The number of rotatable bonds is 3. The first-order valence-electron chi connectivity index (χ1n) is 8.06. The third-order valence-electron chi connectivity index (χ3n) is 4.75. The van der Waals surface area contributed by atoms with Crippen LogP contribution in [0.2, 0.25) is 0 Å². The van der Waals surface area contributed by atoms with Gasteiger partial charge in [-0.05, 0) is 65.7 Å². The minimum absolute atomic E-state index is 0. The van der Waals surface area contributed by atoms with E-state index < -0.39 is 0 Å². The van der Waals surface area contributed by atoms with Gasteiger partial charge < -0.3 is 4.74 Å². The van der Waals surface area contributed by atoms with Crippen LogP contribution < -0.4 is 4.74 Å². The molecule has 2 nitrogen and oxygen atoms in total. The Kier molecular flexibility index (Phi) is 4.74. The van der Waals surface area contributed by atoms with Gasteiger partial charge in [-0.1, -0.05) is 30.3 Å². The fraction of sp³-hybridized carbons (Fsp3) is 0.300. The van der Waals surface area contributed by atoms with Crippen LogP contribution in [0.25, 0.3) is 21.5 Å². The van der Waals surface area contributed by atoms with Crippen LogP contribution in [0.3, 0.4) is 0 Å². The lowest BCUT2D eigenvalue weighted by atomic mass is 9.98. The van der Waals surface area contributed by atoms with Gasteiger partial charge in [0, 0.05) is 12.1 Å². The molecule has 4 rings (SSSR count). The molecule has 3 heteroatoms. The monoisotopic (exact) mass is 327 g/mol. The van der Waals surface area contributed by atoms with E-state index >= 15 is 0 Å². The summed E-state index contributed by atoms with van der Waals surface area (Å²) in [5, 5.41) is 5.22. The molecule has 1 aliphatic heterocycles. The molecule has 0 N–H and O–H groups in total. The Balaban J connectivity index is 0.00000156. The van der Waals surface area contributed by atoms with Crippen LogP contribution in [0, 0.1) is 0 Å². The quantitative estimate of drug-likeness (QED) is 0.626. The van der Waals surface area contributed by atoms with Crippen molar-refractivity contribution in [3.63, 3.8) is 0 Å². The minimum Gasteiger partial charge on any atom is -0.496 e. The van der Waals surface area contributed by atoms with Crippen LogP contribution >= 0.6 is 12.4 Å². The predicted octanol–water partition coefficient (Wildman–Crippen LogP) is 5.02. The number of likely N-dealkylation sites (tertiary alicyclic amines) is 1. The Labute approximate surface area is 143 Å². The highest BCUT2D eigenvalue weighted by molar-refractivity contribution is 6.00. The number of ether oxygens (including phenoxy) is 1. The molecular weight excluding hydrogens is 306 g/mol. The maximum Gasteiger partial charge on any atom is 0.123 e. The molecule has 0 aliphatic carbocycles. The standard InChI is InChI=1S/C20H21NO.ClH/c1-22-20-9-8-17-12-15-6-2-3-7-16(15)13-18(17)19(20)14-21-10-4-5-11-21;/h2-3,6-9,12-13H,4-5,10-11,14H2,1H3;1H. The van der Waals surface area contributed by atoms with E-state index in [0.29, 0.717) is 0 Å². The van der Waals surface area contributed by atoms with Crippen molar-refractivity contribution in [3.05, 3.63) is 54.1 Å². The summed E-state index contributed by atoms with van der Waals surface area (Å²) in [6.45, 7) is 3.39. The molecule has 3 aromatic carbocycles. The molecule has 1 fully saturated rings. The lowest BCUT2D eigenvalue weighted by Gasteiger charge is -2.19. The van der Waals surface area contributed by atoms with Crippen LogP contribution in [-0.2, 0) is 6.54 Å². The summed E-state index contributed by atoms with van der Waals surface area (Å²) in [5.74, 6) is 1.01. The second-order valence-electron chi connectivity index (χ2n) is 6.15. The Morgan fingerprint density at radius 2 is 1.61 bits per heavy atom. The predicted molar refractivity (Wildman–Crippen MR) is 99.8 cm³/mol. The van der Waals surface area contributed by atoms with E-state index in [1.807, 2.05) is 0 Å². The molecule has 23 heavy (non-hydrogen) atoms. The van der Waals surface area contributed by atoms with Crippen molar-refractivity contribution in [1.82, 2.24) is 4.90 Å². The highest BCUT2D eigenvalue weighted by atomic mass is 35.5. The molecule has 0 saturated carbocycles. The number of benzene rings is 3. The highest BCUT2D eigenvalue weighted by Crippen LogP contribution is 2.32. The van der Waals surface area contributed by atoms with Crippen LogP contribution in [-0.4, -0.2) is 25.1 Å². The third-order valence-corrected chi connectivity index (χ3v) is 4.75. The van der Waals surface area contributed by atoms with Gasteiger partial charge >= 0.3 is 0 Å². The Hall–Kier alpha value is -1.77. The van der Waals surface area contributed by atoms with E-state index in [1.54, 1.807) is 7.11 Å². The smallest absolute Gasteiger partial charge is 0.123 e. The Morgan fingerprint density at radius 1 is 0.913 bits per heavy atom. The summed E-state index contributed by atoms with van der Waals surface area (Å²) in [6, 6.07) is 17.5. The van der Waals surface area contributed by atoms with Gasteiger partial charge in [0.05, 0.1) is 7.11 Å². The first-order chi connectivity index (χ1) is 10.8. The van der Waals surface area contributed by atoms with Crippen molar-refractivity contribution in [2.45, 2.75) is 19.4 Å². The van der Waals surface area contributed by atoms with Crippen molar-refractivity contribution in [1.29, 1.82) is 0 Å². The topological polar surface area (TPSA) is 12.5 Å². The van der Waals surface area contributed by atoms with Crippen molar-refractivity contribution < 1.29 is 4.74 Å². The lowest BCUT2D eigenvalue weighted by molar-refractivity contribution is 0.322. The van der Waals surface area contributed by atoms with Gasteiger partial charge in [-0.15, -0.1) is 12.4 Å². The molecule has 0 spiro atoms. The van der Waals surface area contributed by atoms with Crippen LogP contribution in [0.5, 0.6) is 5.75 Å². The van der Waals surface area contributed by atoms with Crippen LogP contribution in [0.4, 0.5) is 0 Å². The molecule has 0 amide bonds. The van der Waals surface area contributed by atoms with Gasteiger partial charge in [0.15, 0.2) is 0 Å². The summed E-state index contributed by atoms with van der Waals surface area (Å²) < 4.78 is 5.65. The molecule has 120 valence electrons. The second-order valence-corrected chi connectivity index (χ2v) is 6.15. The molecule has 1 saturated heterocycles. The van der Waals surface area contributed by atoms with Crippen LogP contribution in [0.1, 0.15) is 18.4 Å². The van der Waals surface area contributed by atoms with E-state index in [-0.39, 0.29) is 12.4 Å². The molecule has 0 aromatic heterocycles. The highest BCUT2D eigenvalue weighted by Gasteiger charge is 2.16. The first-order valence-corrected chi connectivity index (χ1v) is 8.06. The zero-order valence-electron chi connectivity index (χ0n) is 13.4. The first kappa shape index (κ1) is 16.1. The van der Waals surface area contributed by atoms with E-state index in [9.17, 15) is 0 Å². The lowest BCUT2D eigenvalue weighted by Crippen LogP contribution is -2.19. The summed E-state index contributed by atoms with van der Waals surface area (Å²) in [7, 11) is 1.77. The molecule has 0 bridgehead atoms. The molecular formula is C20H22ClNO. The van der Waals surface area contributed by atoms with E-state index in [1.165, 1.54) is 53.0 Å². The van der Waals surface area contributed by atoms with Crippen molar-refractivity contribution in [3.8, 4) is 5.75 Å². The van der Waals surface area contributed by atoms with E-state index in [2.05, 4.69) is 53.4 Å². The number of halogens is 1. The summed E-state index contributed by atoms with van der Waals surface area (Å²) in [6.07, 6.45) is 2.63. The number of hydrogen-bond acceptors (Lipinski definition) is 2. The van der Waals surface area contributed by atoms with Gasteiger partial charge in [-0.3, -0.25) is 4.90 Å². The number of hydrogen-bond donors (Lipinski definition) is 0. The SMILES string of the molecule is COc1ccc2cc3ccccc3cc2c1CN1CCCC1.Cl. The summed E-state index contributed by atoms with van der Waals surface area (Å²) in [5.41, 5.74) is 1.33.